The van der Waals surface area contributed by atoms with Gasteiger partial charge in [0, 0.05) is 16.9 Å². The smallest absolute Gasteiger partial charge is 0.411 e. The van der Waals surface area contributed by atoms with E-state index in [1.54, 1.807) is 0 Å². The summed E-state index contributed by atoms with van der Waals surface area (Å²) in [6.07, 6.45) is 2.03. The van der Waals surface area contributed by atoms with Crippen LogP contribution in [-0.4, -0.2) is 28.7 Å². The maximum atomic E-state index is 12.3. The Bertz CT molecular complexity index is 348. The molecule has 2 heterocycles. The first-order valence-electron chi connectivity index (χ1n) is 7.03. The van der Waals surface area contributed by atoms with Gasteiger partial charge in [-0.25, -0.2) is 4.79 Å². The average Bonchev–Trinajstić information content (AvgIpc) is 2.65. The van der Waals surface area contributed by atoms with Crippen LogP contribution in [0.3, 0.4) is 0 Å². The minimum Gasteiger partial charge on any atom is -0.439 e. The molecule has 0 saturated carbocycles. The lowest BCUT2D eigenvalue weighted by Gasteiger charge is -2.51. The van der Waals surface area contributed by atoms with Crippen molar-refractivity contribution < 1.29 is 9.53 Å². The van der Waals surface area contributed by atoms with Gasteiger partial charge in [-0.15, -0.1) is 0 Å². The number of carbonyl (C=O) groups is 1. The van der Waals surface area contributed by atoms with E-state index in [1.807, 2.05) is 4.90 Å². The van der Waals surface area contributed by atoms with Crippen molar-refractivity contribution in [2.45, 2.75) is 79.0 Å². The van der Waals surface area contributed by atoms with Crippen molar-refractivity contribution in [2.24, 2.45) is 10.8 Å². The van der Waals surface area contributed by atoms with Crippen molar-refractivity contribution in [2.75, 3.05) is 0 Å². The second kappa shape index (κ2) is 3.64. The van der Waals surface area contributed by atoms with Gasteiger partial charge in [0.1, 0.15) is 5.60 Å². The summed E-state index contributed by atoms with van der Waals surface area (Å²) < 4.78 is 6.00. The highest BCUT2D eigenvalue weighted by molar-refractivity contribution is 5.73. The highest BCUT2D eigenvalue weighted by atomic mass is 16.6. The van der Waals surface area contributed by atoms with E-state index in [1.165, 1.54) is 0 Å². The lowest BCUT2D eigenvalue weighted by atomic mass is 9.59. The zero-order valence-electron chi connectivity index (χ0n) is 12.8. The molecule has 0 aromatic rings. The maximum Gasteiger partial charge on any atom is 0.411 e. The van der Waals surface area contributed by atoms with E-state index in [0.29, 0.717) is 6.04 Å². The van der Waals surface area contributed by atoms with Crippen LogP contribution in [0.2, 0.25) is 0 Å². The van der Waals surface area contributed by atoms with E-state index in [4.69, 9.17) is 4.74 Å². The molecule has 0 aliphatic carbocycles. The third-order valence-electron chi connectivity index (χ3n) is 4.83. The fraction of sp³-hybridized carbons (Fsp3) is 0.933. The molecule has 18 heavy (non-hydrogen) atoms. The molecule has 2 aliphatic rings. The Morgan fingerprint density at radius 3 is 2.06 bits per heavy atom. The minimum absolute atomic E-state index is 0.0651. The van der Waals surface area contributed by atoms with Crippen molar-refractivity contribution in [3.05, 3.63) is 0 Å². The Balaban J connectivity index is 2.54. The molecule has 2 saturated heterocycles. The van der Waals surface area contributed by atoms with Crippen LogP contribution in [0, 0.1) is 10.8 Å². The molecule has 0 radical (unpaired) electrons. The number of hydrogen-bond acceptors (Lipinski definition) is 2. The van der Waals surface area contributed by atoms with Gasteiger partial charge in [-0.2, -0.15) is 0 Å². The zero-order chi connectivity index (χ0) is 13.9. The van der Waals surface area contributed by atoms with E-state index in [0.717, 1.165) is 12.8 Å². The summed E-state index contributed by atoms with van der Waals surface area (Å²) in [7, 11) is 0. The van der Waals surface area contributed by atoms with Gasteiger partial charge in [-0.3, -0.25) is 4.90 Å². The van der Waals surface area contributed by atoms with Crippen LogP contribution in [0.1, 0.15) is 61.3 Å². The molecule has 2 fully saturated rings. The van der Waals surface area contributed by atoms with Crippen molar-refractivity contribution in [3.63, 3.8) is 0 Å². The third-order valence-corrected chi connectivity index (χ3v) is 4.83. The van der Waals surface area contributed by atoms with Gasteiger partial charge >= 0.3 is 6.09 Å². The van der Waals surface area contributed by atoms with Crippen LogP contribution in [0.5, 0.6) is 0 Å². The van der Waals surface area contributed by atoms with Crippen molar-refractivity contribution in [3.8, 4) is 0 Å². The molecule has 2 atom stereocenters. The molecule has 3 heteroatoms. The number of carbonyl (C=O) groups excluding carboxylic acids is 1. The first-order valence-corrected chi connectivity index (χ1v) is 7.03. The number of hydrogen-bond donors (Lipinski definition) is 0. The summed E-state index contributed by atoms with van der Waals surface area (Å²) in [5.74, 6) is 0. The lowest BCUT2D eigenvalue weighted by Crippen LogP contribution is -2.60. The molecule has 0 aromatic carbocycles. The van der Waals surface area contributed by atoms with E-state index < -0.39 is 5.60 Å². The van der Waals surface area contributed by atoms with Gasteiger partial charge < -0.3 is 4.74 Å². The summed E-state index contributed by atoms with van der Waals surface area (Å²) in [6, 6.07) is 0.536. The summed E-state index contributed by atoms with van der Waals surface area (Å²) in [4.78, 5) is 14.3. The number of amides is 1. The Morgan fingerprint density at radius 2 is 1.61 bits per heavy atom. The maximum absolute atomic E-state index is 12.3. The zero-order valence-corrected chi connectivity index (χ0v) is 12.8. The topological polar surface area (TPSA) is 29.5 Å². The van der Waals surface area contributed by atoms with E-state index in [2.05, 4.69) is 48.5 Å². The highest BCUT2D eigenvalue weighted by Gasteiger charge is 2.67. The van der Waals surface area contributed by atoms with Crippen LogP contribution in [0.4, 0.5) is 4.79 Å². The molecule has 0 spiro atoms. The van der Waals surface area contributed by atoms with Crippen LogP contribution in [0.15, 0.2) is 0 Å². The van der Waals surface area contributed by atoms with Gasteiger partial charge in [0.25, 0.3) is 0 Å². The fourth-order valence-corrected chi connectivity index (χ4v) is 4.38. The monoisotopic (exact) mass is 253 g/mol. The molecule has 0 unspecified atom stereocenters. The van der Waals surface area contributed by atoms with Gasteiger partial charge in [-0.05, 0) is 19.8 Å². The van der Waals surface area contributed by atoms with Crippen LogP contribution in [0.25, 0.3) is 0 Å². The van der Waals surface area contributed by atoms with Crippen molar-refractivity contribution >= 4 is 6.09 Å². The Kier molecular flexibility index (Phi) is 2.77. The molecule has 2 rings (SSSR count). The second-order valence-corrected chi connectivity index (χ2v) is 7.95. The van der Waals surface area contributed by atoms with E-state index >= 15 is 0 Å². The Labute approximate surface area is 111 Å². The molecule has 0 aromatic heterocycles. The second-order valence-electron chi connectivity index (χ2n) is 7.95. The van der Waals surface area contributed by atoms with E-state index in [9.17, 15) is 4.79 Å². The lowest BCUT2D eigenvalue weighted by molar-refractivity contribution is -0.131. The third kappa shape index (κ3) is 1.52. The molecular weight excluding hydrogens is 226 g/mol. The number of fused-ring (bicyclic) bond motifs is 1. The fourth-order valence-electron chi connectivity index (χ4n) is 4.38. The minimum atomic E-state index is -0.401. The predicted molar refractivity (Wildman–Crippen MR) is 72.4 cm³/mol. The molecule has 3 nitrogen and oxygen atoms in total. The molecule has 1 amide bonds. The summed E-state index contributed by atoms with van der Waals surface area (Å²) >= 11 is 0. The normalized spacial score (nSPS) is 31.5. The number of ether oxygens (including phenoxy) is 1. The summed E-state index contributed by atoms with van der Waals surface area (Å²) in [5.41, 5.74) is -0.531. The highest BCUT2D eigenvalue weighted by Crippen LogP contribution is 2.57. The number of rotatable bonds is 0. The van der Waals surface area contributed by atoms with Gasteiger partial charge in [0.05, 0.1) is 6.04 Å². The summed E-state index contributed by atoms with van der Waals surface area (Å²) in [5, 5.41) is 0. The SMILES string of the molecule is C[C@H]1CC[C@@H]2N1C(=O)OC2(C(C)(C)C)C(C)(C)C. The van der Waals surface area contributed by atoms with Gasteiger partial charge in [-0.1, -0.05) is 41.5 Å². The molecule has 104 valence electrons. The molecule has 2 aliphatic heterocycles. The van der Waals surface area contributed by atoms with Crippen LogP contribution < -0.4 is 0 Å². The van der Waals surface area contributed by atoms with Gasteiger partial charge in [0.15, 0.2) is 0 Å². The molecular formula is C15H27NO2. The average molecular weight is 253 g/mol. The van der Waals surface area contributed by atoms with E-state index in [-0.39, 0.29) is 23.0 Å². The molecule has 0 bridgehead atoms. The van der Waals surface area contributed by atoms with Gasteiger partial charge in [0.2, 0.25) is 0 Å². The first-order chi connectivity index (χ1) is 8.02. The summed E-state index contributed by atoms with van der Waals surface area (Å²) in [6.45, 7) is 15.3. The van der Waals surface area contributed by atoms with Crippen LogP contribution >= 0.6 is 0 Å². The largest absolute Gasteiger partial charge is 0.439 e. The van der Waals surface area contributed by atoms with Crippen molar-refractivity contribution in [1.29, 1.82) is 0 Å². The number of cyclic esters (lactones) is 1. The quantitative estimate of drug-likeness (QED) is 0.657. The number of nitrogens with zero attached hydrogens (tertiary/aromatic N) is 1. The Morgan fingerprint density at radius 1 is 1.11 bits per heavy atom. The predicted octanol–water partition coefficient (Wildman–Crippen LogP) is 3.82. The van der Waals surface area contributed by atoms with Crippen molar-refractivity contribution in [1.82, 2.24) is 4.90 Å². The van der Waals surface area contributed by atoms with Crippen LogP contribution in [-0.2, 0) is 4.74 Å². The Hall–Kier alpha value is -0.730. The standard InChI is InChI=1S/C15H27NO2/c1-10-8-9-11-15(13(2,3)4,14(5,6)7)18-12(17)16(10)11/h10-11H,8-9H2,1-7H3/t10-,11-/m0/s1. The molecule has 0 N–H and O–H groups in total. The first kappa shape index (κ1) is 13.7.